The summed E-state index contributed by atoms with van der Waals surface area (Å²) in [6, 6.07) is 3.28. The first kappa shape index (κ1) is 18.3. The van der Waals surface area contributed by atoms with Gasteiger partial charge < -0.3 is 14.8 Å². The van der Waals surface area contributed by atoms with Crippen LogP contribution in [0, 0.1) is 0 Å². The maximum atomic E-state index is 12.1. The molecule has 1 aromatic carbocycles. The number of thioether (sulfide) groups is 1. The first-order chi connectivity index (χ1) is 9.87. The van der Waals surface area contributed by atoms with Gasteiger partial charge in [-0.25, -0.2) is 0 Å². The van der Waals surface area contributed by atoms with Crippen molar-refractivity contribution in [3.8, 4) is 11.5 Å². The summed E-state index contributed by atoms with van der Waals surface area (Å²) < 4.78 is 46.9. The highest BCUT2D eigenvalue weighted by Crippen LogP contribution is 2.35. The molecule has 0 amide bonds. The number of halogens is 4. The molecule has 120 valence electrons. The number of nitrogens with one attached hydrogen (secondary N) is 1. The second kappa shape index (κ2) is 8.60. The van der Waals surface area contributed by atoms with E-state index < -0.39 is 5.51 Å². The highest BCUT2D eigenvalue weighted by atomic mass is 35.5. The maximum Gasteiger partial charge on any atom is 0.441 e. The van der Waals surface area contributed by atoms with Crippen LogP contribution in [0.2, 0.25) is 5.02 Å². The van der Waals surface area contributed by atoms with Crippen molar-refractivity contribution in [3.63, 3.8) is 0 Å². The van der Waals surface area contributed by atoms with E-state index in [4.69, 9.17) is 21.1 Å². The highest BCUT2D eigenvalue weighted by molar-refractivity contribution is 8.00. The quantitative estimate of drug-likeness (QED) is 0.720. The maximum absolute atomic E-state index is 12.1. The monoisotopic (exact) mass is 343 g/mol. The Bertz CT molecular complexity index is 458. The minimum Gasteiger partial charge on any atom is -0.493 e. The molecule has 0 aliphatic carbocycles. The smallest absolute Gasteiger partial charge is 0.441 e. The fraction of sp³-hybridized carbons (Fsp3) is 0.538. The molecule has 0 aliphatic rings. The van der Waals surface area contributed by atoms with Crippen LogP contribution in [0.15, 0.2) is 12.1 Å². The van der Waals surface area contributed by atoms with Crippen LogP contribution >= 0.6 is 23.4 Å². The number of hydrogen-bond acceptors (Lipinski definition) is 4. The van der Waals surface area contributed by atoms with Crippen LogP contribution in [0.4, 0.5) is 13.2 Å². The molecule has 1 aromatic rings. The van der Waals surface area contributed by atoms with Crippen LogP contribution in [-0.4, -0.2) is 31.5 Å². The van der Waals surface area contributed by atoms with Gasteiger partial charge in [0.1, 0.15) is 0 Å². The minimum atomic E-state index is -4.25. The summed E-state index contributed by atoms with van der Waals surface area (Å²) in [5, 5.41) is 3.60. The summed E-state index contributed by atoms with van der Waals surface area (Å²) in [7, 11) is 1.46. The Morgan fingerprint density at radius 2 is 2.05 bits per heavy atom. The third-order valence-corrected chi connectivity index (χ3v) is 3.39. The lowest BCUT2D eigenvalue weighted by molar-refractivity contribution is -0.0329. The van der Waals surface area contributed by atoms with Gasteiger partial charge in [0.25, 0.3) is 0 Å². The molecule has 0 saturated heterocycles. The second-order valence-electron chi connectivity index (χ2n) is 4.02. The molecule has 0 spiro atoms. The van der Waals surface area contributed by atoms with E-state index in [-0.39, 0.29) is 24.1 Å². The van der Waals surface area contributed by atoms with Gasteiger partial charge in [-0.15, -0.1) is 0 Å². The average molecular weight is 344 g/mol. The molecule has 0 fully saturated rings. The lowest BCUT2D eigenvalue weighted by Crippen LogP contribution is -2.14. The van der Waals surface area contributed by atoms with Crippen molar-refractivity contribution >= 4 is 23.4 Å². The zero-order valence-electron chi connectivity index (χ0n) is 11.7. The summed E-state index contributed by atoms with van der Waals surface area (Å²) in [5.41, 5.74) is -3.50. The molecular formula is C13H17ClF3NO2S. The van der Waals surface area contributed by atoms with E-state index in [2.05, 4.69) is 5.32 Å². The van der Waals surface area contributed by atoms with E-state index in [1.54, 1.807) is 12.1 Å². The average Bonchev–Trinajstić information content (AvgIpc) is 2.40. The Labute approximate surface area is 131 Å². The molecule has 0 radical (unpaired) electrons. The first-order valence-corrected chi connectivity index (χ1v) is 7.64. The summed E-state index contributed by atoms with van der Waals surface area (Å²) in [6.07, 6.45) is 0. The normalized spacial score (nSPS) is 11.5. The van der Waals surface area contributed by atoms with E-state index in [0.29, 0.717) is 23.1 Å². The third-order valence-electron chi connectivity index (χ3n) is 2.48. The Morgan fingerprint density at radius 3 is 2.62 bits per heavy atom. The number of benzene rings is 1. The summed E-state index contributed by atoms with van der Waals surface area (Å²) >= 11 is 5.87. The van der Waals surface area contributed by atoms with Crippen LogP contribution in [0.25, 0.3) is 0 Å². The van der Waals surface area contributed by atoms with Gasteiger partial charge in [0.15, 0.2) is 11.5 Å². The summed E-state index contributed by atoms with van der Waals surface area (Å²) in [5.74, 6) is 0.647. The van der Waals surface area contributed by atoms with E-state index in [1.165, 1.54) is 7.11 Å². The molecular weight excluding hydrogens is 327 g/mol. The van der Waals surface area contributed by atoms with Gasteiger partial charge in [-0.1, -0.05) is 18.5 Å². The lowest BCUT2D eigenvalue weighted by Gasteiger charge is -2.16. The Morgan fingerprint density at radius 1 is 1.33 bits per heavy atom. The zero-order valence-corrected chi connectivity index (χ0v) is 13.3. The molecule has 21 heavy (non-hydrogen) atoms. The van der Waals surface area contributed by atoms with Gasteiger partial charge in [0.05, 0.1) is 13.7 Å². The lowest BCUT2D eigenvalue weighted by atomic mass is 10.2. The van der Waals surface area contributed by atoms with Crippen LogP contribution in [-0.2, 0) is 6.54 Å². The van der Waals surface area contributed by atoms with E-state index in [0.717, 1.165) is 12.1 Å². The number of alkyl halides is 3. The Hall–Kier alpha value is -0.790. The Kier molecular flexibility index (Phi) is 7.48. The van der Waals surface area contributed by atoms with Gasteiger partial charge in [-0.05, 0) is 24.4 Å². The Balaban J connectivity index is 2.77. The van der Waals surface area contributed by atoms with Crippen LogP contribution < -0.4 is 14.8 Å². The fourth-order valence-electron chi connectivity index (χ4n) is 1.63. The molecule has 0 aliphatic heterocycles. The number of methoxy groups -OCH3 is 1. The van der Waals surface area contributed by atoms with E-state index in [9.17, 15) is 13.2 Å². The fourth-order valence-corrected chi connectivity index (χ4v) is 2.26. The van der Waals surface area contributed by atoms with Crippen molar-refractivity contribution in [2.24, 2.45) is 0 Å². The van der Waals surface area contributed by atoms with Gasteiger partial charge in [-0.2, -0.15) is 13.2 Å². The molecule has 0 aromatic heterocycles. The van der Waals surface area contributed by atoms with E-state index >= 15 is 0 Å². The van der Waals surface area contributed by atoms with Gasteiger partial charge >= 0.3 is 5.51 Å². The molecule has 0 atom stereocenters. The predicted molar refractivity (Wildman–Crippen MR) is 79.4 cm³/mol. The third kappa shape index (κ3) is 6.67. The SMILES string of the molecule is CCNCc1cc(Cl)cc(OC)c1OCCSC(F)(F)F. The van der Waals surface area contributed by atoms with Crippen molar-refractivity contribution in [1.29, 1.82) is 0 Å². The van der Waals surface area contributed by atoms with Gasteiger partial charge in [0, 0.05) is 29.0 Å². The molecule has 8 heteroatoms. The molecule has 1 N–H and O–H groups in total. The molecule has 0 unspecified atom stereocenters. The van der Waals surface area contributed by atoms with Crippen LogP contribution in [0.3, 0.4) is 0 Å². The van der Waals surface area contributed by atoms with Gasteiger partial charge in [-0.3, -0.25) is 0 Å². The topological polar surface area (TPSA) is 30.5 Å². The number of ether oxygens (including phenoxy) is 2. The summed E-state index contributed by atoms with van der Waals surface area (Å²) in [4.78, 5) is 0. The van der Waals surface area contributed by atoms with Crippen molar-refractivity contribution in [1.82, 2.24) is 5.32 Å². The van der Waals surface area contributed by atoms with E-state index in [1.807, 2.05) is 6.92 Å². The second-order valence-corrected chi connectivity index (χ2v) is 5.62. The zero-order chi connectivity index (χ0) is 15.9. The first-order valence-electron chi connectivity index (χ1n) is 6.28. The minimum absolute atomic E-state index is 0.0682. The molecule has 0 saturated carbocycles. The van der Waals surface area contributed by atoms with Crippen molar-refractivity contribution in [3.05, 3.63) is 22.7 Å². The molecule has 1 rings (SSSR count). The highest BCUT2D eigenvalue weighted by Gasteiger charge is 2.27. The number of rotatable bonds is 8. The molecule has 0 bridgehead atoms. The predicted octanol–water partition coefficient (Wildman–Crippen LogP) is 4.09. The largest absolute Gasteiger partial charge is 0.493 e. The summed E-state index contributed by atoms with van der Waals surface area (Å²) in [6.45, 7) is 3.12. The van der Waals surface area contributed by atoms with Crippen molar-refractivity contribution < 1.29 is 22.6 Å². The van der Waals surface area contributed by atoms with Crippen LogP contribution in [0.5, 0.6) is 11.5 Å². The molecule has 3 nitrogen and oxygen atoms in total. The standard InChI is InChI=1S/C13H17ClF3NO2S/c1-3-18-8-9-6-10(14)7-11(19-2)12(9)20-4-5-21-13(15,16)17/h6-7,18H,3-5,8H2,1-2H3. The van der Waals surface area contributed by atoms with Gasteiger partial charge in [0.2, 0.25) is 0 Å². The van der Waals surface area contributed by atoms with Crippen molar-refractivity contribution in [2.45, 2.75) is 19.0 Å². The number of hydrogen-bond donors (Lipinski definition) is 1. The van der Waals surface area contributed by atoms with Crippen molar-refractivity contribution in [2.75, 3.05) is 26.0 Å². The molecule has 0 heterocycles. The van der Waals surface area contributed by atoms with Crippen LogP contribution in [0.1, 0.15) is 12.5 Å².